The van der Waals surface area contributed by atoms with Gasteiger partial charge in [-0.2, -0.15) is 0 Å². The number of hydrogen-bond acceptors (Lipinski definition) is 2. The fourth-order valence-electron chi connectivity index (χ4n) is 2.70. The van der Waals surface area contributed by atoms with Gasteiger partial charge in [-0.3, -0.25) is 4.90 Å². The summed E-state index contributed by atoms with van der Waals surface area (Å²) in [6.45, 7) is 8.88. The zero-order valence-corrected chi connectivity index (χ0v) is 11.5. The van der Waals surface area contributed by atoms with E-state index in [1.165, 1.54) is 5.56 Å². The van der Waals surface area contributed by atoms with E-state index in [0.29, 0.717) is 18.1 Å². The Morgan fingerprint density at radius 1 is 1.24 bits per heavy atom. The molecule has 0 aromatic heterocycles. The van der Waals surface area contributed by atoms with Gasteiger partial charge < -0.3 is 5.32 Å². The summed E-state index contributed by atoms with van der Waals surface area (Å²) in [5.41, 5.74) is 1.23. The largest absolute Gasteiger partial charge is 0.309 e. The molecule has 0 saturated carbocycles. The number of halogens is 1. The molecule has 3 heteroatoms. The summed E-state index contributed by atoms with van der Waals surface area (Å²) in [6.07, 6.45) is 0. The van der Waals surface area contributed by atoms with E-state index in [1.54, 1.807) is 0 Å². The van der Waals surface area contributed by atoms with Crippen LogP contribution < -0.4 is 5.32 Å². The standard InChI is InChI=1S/C14H21ClN2/c1-10-8-17(9-11(2)16-10)12(3)13-6-4-5-7-14(13)15/h4-7,10-12,16H,8-9H2,1-3H3. The van der Waals surface area contributed by atoms with Crippen molar-refractivity contribution in [3.63, 3.8) is 0 Å². The lowest BCUT2D eigenvalue weighted by atomic mass is 10.0. The first-order chi connectivity index (χ1) is 8.08. The molecule has 1 N–H and O–H groups in total. The van der Waals surface area contributed by atoms with Gasteiger partial charge in [-0.25, -0.2) is 0 Å². The molecule has 94 valence electrons. The highest BCUT2D eigenvalue weighted by atomic mass is 35.5. The summed E-state index contributed by atoms with van der Waals surface area (Å²) in [5, 5.41) is 4.43. The van der Waals surface area contributed by atoms with Crippen molar-refractivity contribution in [2.75, 3.05) is 13.1 Å². The second-order valence-electron chi connectivity index (χ2n) is 5.12. The minimum atomic E-state index is 0.385. The molecule has 17 heavy (non-hydrogen) atoms. The van der Waals surface area contributed by atoms with Crippen LogP contribution in [0.2, 0.25) is 5.02 Å². The molecule has 3 unspecified atom stereocenters. The zero-order valence-electron chi connectivity index (χ0n) is 10.8. The Balaban J connectivity index is 2.14. The van der Waals surface area contributed by atoms with Crippen molar-refractivity contribution in [2.45, 2.75) is 38.9 Å². The smallest absolute Gasteiger partial charge is 0.0453 e. The molecule has 1 saturated heterocycles. The highest BCUT2D eigenvalue weighted by Crippen LogP contribution is 2.28. The molecule has 1 aromatic rings. The predicted molar refractivity (Wildman–Crippen MR) is 73.5 cm³/mol. The van der Waals surface area contributed by atoms with Crippen LogP contribution in [0.25, 0.3) is 0 Å². The van der Waals surface area contributed by atoms with Gasteiger partial charge in [-0.1, -0.05) is 29.8 Å². The number of piperazine rings is 1. The Kier molecular flexibility index (Phi) is 4.08. The van der Waals surface area contributed by atoms with E-state index in [1.807, 2.05) is 12.1 Å². The fraction of sp³-hybridized carbons (Fsp3) is 0.571. The molecule has 1 fully saturated rings. The Morgan fingerprint density at radius 3 is 2.41 bits per heavy atom. The van der Waals surface area contributed by atoms with E-state index in [-0.39, 0.29) is 0 Å². The highest BCUT2D eigenvalue weighted by molar-refractivity contribution is 6.31. The molecule has 1 aliphatic heterocycles. The fourth-order valence-corrected chi connectivity index (χ4v) is 2.99. The van der Waals surface area contributed by atoms with Gasteiger partial charge >= 0.3 is 0 Å². The molecule has 3 atom stereocenters. The first kappa shape index (κ1) is 12.9. The molecule has 0 bridgehead atoms. The van der Waals surface area contributed by atoms with Crippen molar-refractivity contribution in [2.24, 2.45) is 0 Å². The Labute approximate surface area is 109 Å². The van der Waals surface area contributed by atoms with E-state index >= 15 is 0 Å². The normalized spacial score (nSPS) is 28.0. The zero-order chi connectivity index (χ0) is 12.4. The van der Waals surface area contributed by atoms with Gasteiger partial charge in [-0.15, -0.1) is 0 Å². The third-order valence-corrected chi connectivity index (χ3v) is 3.83. The van der Waals surface area contributed by atoms with Crippen LogP contribution in [0.1, 0.15) is 32.4 Å². The maximum atomic E-state index is 6.27. The van der Waals surface area contributed by atoms with Crippen molar-refractivity contribution in [1.82, 2.24) is 10.2 Å². The lowest BCUT2D eigenvalue weighted by molar-refractivity contribution is 0.131. The minimum Gasteiger partial charge on any atom is -0.309 e. The maximum absolute atomic E-state index is 6.27. The molecule has 1 aromatic carbocycles. The Morgan fingerprint density at radius 2 is 1.82 bits per heavy atom. The van der Waals surface area contributed by atoms with Crippen LogP contribution in [0, 0.1) is 0 Å². The van der Waals surface area contributed by atoms with E-state index in [4.69, 9.17) is 11.6 Å². The van der Waals surface area contributed by atoms with Crippen molar-refractivity contribution in [3.8, 4) is 0 Å². The SMILES string of the molecule is CC1CN(C(C)c2ccccc2Cl)CC(C)N1. The molecule has 0 aliphatic carbocycles. The second kappa shape index (κ2) is 5.38. The number of hydrogen-bond donors (Lipinski definition) is 1. The third kappa shape index (κ3) is 3.01. The number of nitrogens with zero attached hydrogens (tertiary/aromatic N) is 1. The predicted octanol–water partition coefficient (Wildman–Crippen LogP) is 3.08. The maximum Gasteiger partial charge on any atom is 0.0453 e. The molecular formula is C14H21ClN2. The first-order valence-corrected chi connectivity index (χ1v) is 6.70. The average molecular weight is 253 g/mol. The van der Waals surface area contributed by atoms with Crippen LogP contribution in [0.5, 0.6) is 0 Å². The molecule has 1 aliphatic rings. The van der Waals surface area contributed by atoms with Crippen LogP contribution >= 0.6 is 11.6 Å². The van der Waals surface area contributed by atoms with E-state index in [0.717, 1.165) is 18.1 Å². The van der Waals surface area contributed by atoms with Crippen molar-refractivity contribution < 1.29 is 0 Å². The number of nitrogens with one attached hydrogen (secondary N) is 1. The molecule has 2 rings (SSSR count). The van der Waals surface area contributed by atoms with Crippen LogP contribution in [-0.2, 0) is 0 Å². The Bertz CT molecular complexity index is 370. The monoisotopic (exact) mass is 252 g/mol. The van der Waals surface area contributed by atoms with Gasteiger partial charge in [0.25, 0.3) is 0 Å². The molecule has 1 heterocycles. The van der Waals surface area contributed by atoms with Gasteiger partial charge in [0.05, 0.1) is 0 Å². The summed E-state index contributed by atoms with van der Waals surface area (Å²) in [6, 6.07) is 9.63. The molecule has 0 spiro atoms. The van der Waals surface area contributed by atoms with E-state index in [2.05, 4.69) is 43.1 Å². The molecule has 0 amide bonds. The molecule has 0 radical (unpaired) electrons. The van der Waals surface area contributed by atoms with Crippen LogP contribution in [0.3, 0.4) is 0 Å². The molecule has 2 nitrogen and oxygen atoms in total. The summed E-state index contributed by atoms with van der Waals surface area (Å²) < 4.78 is 0. The van der Waals surface area contributed by atoms with Crippen LogP contribution in [-0.4, -0.2) is 30.1 Å². The number of benzene rings is 1. The lowest BCUT2D eigenvalue weighted by Crippen LogP contribution is -2.54. The second-order valence-corrected chi connectivity index (χ2v) is 5.53. The Hall–Kier alpha value is -0.570. The van der Waals surface area contributed by atoms with E-state index < -0.39 is 0 Å². The summed E-state index contributed by atoms with van der Waals surface area (Å²) in [5.74, 6) is 0. The summed E-state index contributed by atoms with van der Waals surface area (Å²) in [7, 11) is 0. The topological polar surface area (TPSA) is 15.3 Å². The van der Waals surface area contributed by atoms with Crippen LogP contribution in [0.15, 0.2) is 24.3 Å². The highest BCUT2D eigenvalue weighted by Gasteiger charge is 2.26. The lowest BCUT2D eigenvalue weighted by Gasteiger charge is -2.40. The summed E-state index contributed by atoms with van der Waals surface area (Å²) >= 11 is 6.27. The molecular weight excluding hydrogens is 232 g/mol. The average Bonchev–Trinajstić information content (AvgIpc) is 2.27. The minimum absolute atomic E-state index is 0.385. The van der Waals surface area contributed by atoms with Gasteiger partial charge in [0, 0.05) is 36.2 Å². The van der Waals surface area contributed by atoms with Crippen molar-refractivity contribution >= 4 is 11.6 Å². The van der Waals surface area contributed by atoms with Crippen molar-refractivity contribution in [1.29, 1.82) is 0 Å². The van der Waals surface area contributed by atoms with Crippen molar-refractivity contribution in [3.05, 3.63) is 34.9 Å². The van der Waals surface area contributed by atoms with Gasteiger partial charge in [0.1, 0.15) is 0 Å². The first-order valence-electron chi connectivity index (χ1n) is 6.32. The van der Waals surface area contributed by atoms with Crippen LogP contribution in [0.4, 0.5) is 0 Å². The third-order valence-electron chi connectivity index (χ3n) is 3.49. The summed E-state index contributed by atoms with van der Waals surface area (Å²) in [4.78, 5) is 2.51. The quantitative estimate of drug-likeness (QED) is 0.870. The van der Waals surface area contributed by atoms with Gasteiger partial charge in [-0.05, 0) is 32.4 Å². The number of rotatable bonds is 2. The van der Waals surface area contributed by atoms with Gasteiger partial charge in [0.15, 0.2) is 0 Å². The van der Waals surface area contributed by atoms with Gasteiger partial charge in [0.2, 0.25) is 0 Å². The van der Waals surface area contributed by atoms with E-state index in [9.17, 15) is 0 Å².